The summed E-state index contributed by atoms with van der Waals surface area (Å²) < 4.78 is 5.38. The molecule has 0 aliphatic heterocycles. The number of anilines is 1. The van der Waals surface area contributed by atoms with Gasteiger partial charge in [0.05, 0.1) is 0 Å². The van der Waals surface area contributed by atoms with E-state index in [9.17, 15) is 0 Å². The topological polar surface area (TPSA) is 29.3 Å². The molecule has 0 radical (unpaired) electrons. The summed E-state index contributed by atoms with van der Waals surface area (Å²) in [5.74, 6) is 0. The van der Waals surface area contributed by atoms with Crippen LogP contribution in [0.15, 0.2) is 47.2 Å². The molecule has 1 heterocycles. The molecule has 0 aliphatic rings. The summed E-state index contributed by atoms with van der Waals surface area (Å²) in [6.45, 7) is 6.68. The highest BCUT2D eigenvalue weighted by Gasteiger charge is 2.16. The number of aromatic nitrogens is 1. The molecular weight excluding hydrogens is 320 g/mol. The van der Waals surface area contributed by atoms with E-state index in [0.717, 1.165) is 41.6 Å². The Hall–Kier alpha value is -2.55. The minimum Gasteiger partial charge on any atom is -0.378 e. The van der Waals surface area contributed by atoms with Crippen LogP contribution in [-0.2, 0) is 19.3 Å². The molecule has 3 heteroatoms. The minimum absolute atomic E-state index is 0.926. The summed E-state index contributed by atoms with van der Waals surface area (Å²) in [7, 11) is 4.10. The van der Waals surface area contributed by atoms with Crippen molar-refractivity contribution in [2.75, 3.05) is 19.0 Å². The zero-order chi connectivity index (χ0) is 18.7. The zero-order valence-electron chi connectivity index (χ0n) is 16.5. The summed E-state index contributed by atoms with van der Waals surface area (Å²) >= 11 is 0. The number of benzene rings is 2. The largest absolute Gasteiger partial charge is 0.378 e. The SMILES string of the molecule is CCc1cc(-c2nocc2-c2ccc(N(C)C)cc2)cc(CC)c1CC. The lowest BCUT2D eigenvalue weighted by Crippen LogP contribution is -2.07. The predicted octanol–water partition coefficient (Wildman–Crippen LogP) is 5.76. The van der Waals surface area contributed by atoms with Gasteiger partial charge in [0.1, 0.15) is 12.0 Å². The van der Waals surface area contributed by atoms with Crippen LogP contribution in [0.5, 0.6) is 0 Å². The van der Waals surface area contributed by atoms with Crippen molar-refractivity contribution in [2.45, 2.75) is 40.0 Å². The fourth-order valence-electron chi connectivity index (χ4n) is 3.61. The van der Waals surface area contributed by atoms with E-state index < -0.39 is 0 Å². The Morgan fingerprint density at radius 3 is 1.96 bits per heavy atom. The van der Waals surface area contributed by atoms with Crippen LogP contribution >= 0.6 is 0 Å². The second-order valence-corrected chi connectivity index (χ2v) is 6.85. The molecular formula is C23H28N2O. The van der Waals surface area contributed by atoms with E-state index in [-0.39, 0.29) is 0 Å². The van der Waals surface area contributed by atoms with Crippen LogP contribution in [0.1, 0.15) is 37.5 Å². The van der Waals surface area contributed by atoms with Gasteiger partial charge in [-0.1, -0.05) is 38.1 Å². The Morgan fingerprint density at radius 1 is 0.846 bits per heavy atom. The van der Waals surface area contributed by atoms with Gasteiger partial charge in [0.2, 0.25) is 0 Å². The molecule has 0 amide bonds. The van der Waals surface area contributed by atoms with Crippen molar-refractivity contribution in [3.05, 3.63) is 59.4 Å². The average molecular weight is 348 g/mol. The Labute approximate surface area is 156 Å². The average Bonchev–Trinajstić information content (AvgIpc) is 3.16. The maximum atomic E-state index is 5.38. The van der Waals surface area contributed by atoms with Gasteiger partial charge in [-0.05, 0) is 65.8 Å². The molecule has 3 rings (SSSR count). The Bertz CT molecular complexity index is 850. The van der Waals surface area contributed by atoms with E-state index in [1.807, 2.05) is 14.1 Å². The van der Waals surface area contributed by atoms with Gasteiger partial charge in [-0.15, -0.1) is 0 Å². The third-order valence-corrected chi connectivity index (χ3v) is 5.09. The molecule has 26 heavy (non-hydrogen) atoms. The minimum atomic E-state index is 0.926. The van der Waals surface area contributed by atoms with Gasteiger partial charge in [0.15, 0.2) is 0 Å². The number of aryl methyl sites for hydroxylation is 2. The van der Waals surface area contributed by atoms with Crippen LogP contribution in [0.3, 0.4) is 0 Å². The van der Waals surface area contributed by atoms with Gasteiger partial charge in [0, 0.05) is 30.9 Å². The molecule has 3 nitrogen and oxygen atoms in total. The lowest BCUT2D eigenvalue weighted by Gasteiger charge is -2.15. The van der Waals surface area contributed by atoms with Gasteiger partial charge in [-0.2, -0.15) is 0 Å². The lowest BCUT2D eigenvalue weighted by molar-refractivity contribution is 0.422. The highest BCUT2D eigenvalue weighted by atomic mass is 16.5. The first-order chi connectivity index (χ1) is 12.6. The molecule has 1 aromatic heterocycles. The van der Waals surface area contributed by atoms with E-state index in [2.05, 4.69) is 67.2 Å². The second-order valence-electron chi connectivity index (χ2n) is 6.85. The third-order valence-electron chi connectivity index (χ3n) is 5.09. The van der Waals surface area contributed by atoms with Crippen LogP contribution in [0.25, 0.3) is 22.4 Å². The highest BCUT2D eigenvalue weighted by molar-refractivity contribution is 5.81. The summed E-state index contributed by atoms with van der Waals surface area (Å²) in [5, 5.41) is 4.34. The second kappa shape index (κ2) is 7.77. The van der Waals surface area contributed by atoms with Crippen molar-refractivity contribution in [3.63, 3.8) is 0 Å². The summed E-state index contributed by atoms with van der Waals surface area (Å²) in [4.78, 5) is 2.10. The van der Waals surface area contributed by atoms with Crippen LogP contribution in [-0.4, -0.2) is 19.3 Å². The molecule has 0 fully saturated rings. The first kappa shape index (κ1) is 18.2. The Kier molecular flexibility index (Phi) is 5.46. The van der Waals surface area contributed by atoms with Crippen molar-refractivity contribution in [1.82, 2.24) is 5.16 Å². The van der Waals surface area contributed by atoms with E-state index >= 15 is 0 Å². The molecule has 0 bridgehead atoms. The smallest absolute Gasteiger partial charge is 0.132 e. The van der Waals surface area contributed by atoms with Crippen LogP contribution in [0.4, 0.5) is 5.69 Å². The molecule has 3 aromatic rings. The van der Waals surface area contributed by atoms with Gasteiger partial charge >= 0.3 is 0 Å². The molecule has 136 valence electrons. The van der Waals surface area contributed by atoms with Crippen LogP contribution in [0.2, 0.25) is 0 Å². The summed E-state index contributed by atoms with van der Waals surface area (Å²) in [6.07, 6.45) is 4.90. The standard InChI is InChI=1S/C23H28N2O/c1-6-16-13-19(14-17(7-2)21(16)8-3)23-22(15-26-24-23)18-9-11-20(12-10-18)25(4)5/h9-15H,6-8H2,1-5H3. The maximum absolute atomic E-state index is 5.38. The molecule has 0 atom stereocenters. The number of hydrogen-bond donors (Lipinski definition) is 0. The van der Waals surface area contributed by atoms with Gasteiger partial charge in [-0.3, -0.25) is 0 Å². The van der Waals surface area contributed by atoms with Gasteiger partial charge < -0.3 is 9.42 Å². The Balaban J connectivity index is 2.08. The quantitative estimate of drug-likeness (QED) is 0.567. The van der Waals surface area contributed by atoms with Crippen molar-refractivity contribution in [3.8, 4) is 22.4 Å². The van der Waals surface area contributed by atoms with Crippen molar-refractivity contribution in [2.24, 2.45) is 0 Å². The summed E-state index contributed by atoms with van der Waals surface area (Å²) in [6, 6.07) is 13.1. The highest BCUT2D eigenvalue weighted by Crippen LogP contribution is 2.34. The molecule has 0 aliphatic carbocycles. The number of rotatable bonds is 6. The Morgan fingerprint density at radius 2 is 1.46 bits per heavy atom. The van der Waals surface area contributed by atoms with E-state index in [4.69, 9.17) is 4.52 Å². The van der Waals surface area contributed by atoms with Crippen LogP contribution < -0.4 is 4.90 Å². The van der Waals surface area contributed by atoms with E-state index in [0.29, 0.717) is 0 Å². The summed E-state index contributed by atoms with van der Waals surface area (Å²) in [5.41, 5.74) is 9.74. The van der Waals surface area contributed by atoms with E-state index in [1.165, 1.54) is 22.4 Å². The molecule has 0 saturated heterocycles. The maximum Gasteiger partial charge on any atom is 0.132 e. The van der Waals surface area contributed by atoms with Crippen molar-refractivity contribution in [1.29, 1.82) is 0 Å². The van der Waals surface area contributed by atoms with Gasteiger partial charge in [-0.25, -0.2) is 0 Å². The molecule has 0 N–H and O–H groups in total. The third kappa shape index (κ3) is 3.39. The predicted molar refractivity (Wildman–Crippen MR) is 110 cm³/mol. The molecule has 0 unspecified atom stereocenters. The first-order valence-corrected chi connectivity index (χ1v) is 9.46. The van der Waals surface area contributed by atoms with Crippen molar-refractivity contribution >= 4 is 5.69 Å². The fraction of sp³-hybridized carbons (Fsp3) is 0.348. The van der Waals surface area contributed by atoms with Gasteiger partial charge in [0.25, 0.3) is 0 Å². The zero-order valence-corrected chi connectivity index (χ0v) is 16.5. The lowest BCUT2D eigenvalue weighted by atomic mass is 9.90. The normalized spacial score (nSPS) is 11.0. The van der Waals surface area contributed by atoms with E-state index in [1.54, 1.807) is 6.26 Å². The molecule has 2 aromatic carbocycles. The van der Waals surface area contributed by atoms with Crippen LogP contribution in [0, 0.1) is 0 Å². The monoisotopic (exact) mass is 348 g/mol. The molecule has 0 spiro atoms. The number of nitrogens with zero attached hydrogens (tertiary/aromatic N) is 2. The molecule has 0 saturated carbocycles. The number of hydrogen-bond acceptors (Lipinski definition) is 3. The van der Waals surface area contributed by atoms with Crippen molar-refractivity contribution < 1.29 is 4.52 Å². The fourth-order valence-corrected chi connectivity index (χ4v) is 3.61. The first-order valence-electron chi connectivity index (χ1n) is 9.46.